The van der Waals surface area contributed by atoms with Crippen molar-refractivity contribution in [3.8, 4) is 11.5 Å². The summed E-state index contributed by atoms with van der Waals surface area (Å²) in [6.45, 7) is 0.868. The van der Waals surface area contributed by atoms with Gasteiger partial charge in [-0.15, -0.1) is 0 Å². The summed E-state index contributed by atoms with van der Waals surface area (Å²) < 4.78 is 5.95. The lowest BCUT2D eigenvalue weighted by atomic mass is 10.0. The van der Waals surface area contributed by atoms with E-state index in [1.54, 1.807) is 12.1 Å². The van der Waals surface area contributed by atoms with Crippen LogP contribution >= 0.6 is 0 Å². The number of hydrogen-bond donors (Lipinski definition) is 2. The third-order valence-electron chi connectivity index (χ3n) is 5.00. The highest BCUT2D eigenvalue weighted by molar-refractivity contribution is 5.98. The summed E-state index contributed by atoms with van der Waals surface area (Å²) in [7, 11) is 0. The number of nitrogens with one attached hydrogen (secondary N) is 2. The molecule has 1 fully saturated rings. The molecule has 6 nitrogen and oxygen atoms in total. The number of fused-ring (bicyclic) bond motifs is 4. The standard InChI is InChI=1S/C21H17N3O3/c25-17-11-19-20(14-5-2-1-4-13(14)17)24-15-8-7-12(10-18(15)27-19)23-21(26)16-6-3-9-22-16/h1-2,4-5,7-8,10-11,16,22H,3,6,9H2,(H,23,26)/t16-/m0/s1. The minimum absolute atomic E-state index is 0.0477. The molecule has 3 aliphatic rings. The molecular weight excluding hydrogens is 342 g/mol. The van der Waals surface area contributed by atoms with E-state index in [0.717, 1.165) is 24.8 Å². The summed E-state index contributed by atoms with van der Waals surface area (Å²) in [6, 6.07) is 14.1. The number of nitrogens with zero attached hydrogens (tertiary/aromatic N) is 1. The Morgan fingerprint density at radius 2 is 2.00 bits per heavy atom. The molecule has 5 rings (SSSR count). The highest BCUT2D eigenvalue weighted by Gasteiger charge is 2.22. The zero-order chi connectivity index (χ0) is 18.4. The van der Waals surface area contributed by atoms with Crippen LogP contribution in [0.2, 0.25) is 0 Å². The fourth-order valence-electron chi connectivity index (χ4n) is 3.64. The molecule has 1 atom stereocenters. The Balaban J connectivity index is 1.60. The molecule has 0 aromatic heterocycles. The maximum atomic E-state index is 12.3. The molecule has 2 aliphatic heterocycles. The average Bonchev–Trinajstić information content (AvgIpc) is 3.22. The van der Waals surface area contributed by atoms with Crippen LogP contribution in [-0.2, 0) is 4.79 Å². The van der Waals surface area contributed by atoms with Crippen molar-refractivity contribution in [1.29, 1.82) is 0 Å². The molecule has 2 heterocycles. The monoisotopic (exact) mass is 359 g/mol. The Labute approximate surface area is 154 Å². The van der Waals surface area contributed by atoms with Crippen LogP contribution in [-0.4, -0.2) is 23.5 Å². The van der Waals surface area contributed by atoms with Crippen molar-refractivity contribution in [2.24, 2.45) is 0 Å². The molecule has 0 spiro atoms. The second-order valence-corrected chi connectivity index (χ2v) is 6.80. The number of anilines is 1. The first kappa shape index (κ1) is 16.0. The van der Waals surface area contributed by atoms with Crippen molar-refractivity contribution >= 4 is 33.5 Å². The van der Waals surface area contributed by atoms with Gasteiger partial charge in [-0.3, -0.25) is 9.59 Å². The minimum atomic E-state index is -0.151. The molecule has 27 heavy (non-hydrogen) atoms. The lowest BCUT2D eigenvalue weighted by Crippen LogP contribution is -2.35. The molecule has 6 heteroatoms. The summed E-state index contributed by atoms with van der Waals surface area (Å²) in [5.41, 5.74) is 2.40. The molecule has 1 aliphatic carbocycles. The Morgan fingerprint density at radius 3 is 2.81 bits per heavy atom. The first-order valence-electron chi connectivity index (χ1n) is 9.00. The van der Waals surface area contributed by atoms with E-state index in [0.29, 0.717) is 33.6 Å². The van der Waals surface area contributed by atoms with Gasteiger partial charge in [-0.1, -0.05) is 24.3 Å². The molecule has 0 unspecified atom stereocenters. The topological polar surface area (TPSA) is 84.2 Å². The van der Waals surface area contributed by atoms with E-state index in [9.17, 15) is 9.59 Å². The second kappa shape index (κ2) is 6.17. The van der Waals surface area contributed by atoms with E-state index in [1.807, 2.05) is 30.3 Å². The van der Waals surface area contributed by atoms with Gasteiger partial charge in [0.2, 0.25) is 5.91 Å². The molecule has 2 N–H and O–H groups in total. The molecule has 0 radical (unpaired) electrons. The third-order valence-corrected chi connectivity index (χ3v) is 5.00. The molecule has 1 saturated heterocycles. The van der Waals surface area contributed by atoms with Crippen LogP contribution in [0.15, 0.2) is 57.7 Å². The Hall–Kier alpha value is -3.25. The number of benzene rings is 3. The van der Waals surface area contributed by atoms with Gasteiger partial charge in [0.25, 0.3) is 0 Å². The molecule has 1 amide bonds. The zero-order valence-corrected chi connectivity index (χ0v) is 14.5. The van der Waals surface area contributed by atoms with Crippen molar-refractivity contribution in [1.82, 2.24) is 10.3 Å². The Bertz CT molecular complexity index is 1210. The van der Waals surface area contributed by atoms with Crippen LogP contribution < -0.4 is 16.1 Å². The average molecular weight is 359 g/mol. The van der Waals surface area contributed by atoms with Gasteiger partial charge in [0, 0.05) is 28.6 Å². The highest BCUT2D eigenvalue weighted by Crippen LogP contribution is 2.31. The van der Waals surface area contributed by atoms with E-state index >= 15 is 0 Å². The lowest BCUT2D eigenvalue weighted by molar-refractivity contribution is -0.117. The number of carbonyl (C=O) groups is 1. The normalized spacial score (nSPS) is 17.0. The summed E-state index contributed by atoms with van der Waals surface area (Å²) in [4.78, 5) is 29.3. The van der Waals surface area contributed by atoms with Crippen LogP contribution in [0.25, 0.3) is 33.3 Å². The predicted octanol–water partition coefficient (Wildman–Crippen LogP) is 3.14. The first-order valence-corrected chi connectivity index (χ1v) is 9.00. The SMILES string of the molecule is O=C(Nc1ccc2nc3c4ccccc4c(=O)cc-3oc2c1)[C@@H]1CCCN1. The van der Waals surface area contributed by atoms with E-state index in [4.69, 9.17) is 4.42 Å². The van der Waals surface area contributed by atoms with Crippen LogP contribution in [0.4, 0.5) is 5.69 Å². The highest BCUT2D eigenvalue weighted by atomic mass is 16.3. The molecule has 134 valence electrons. The lowest BCUT2D eigenvalue weighted by Gasteiger charge is -2.12. The van der Waals surface area contributed by atoms with Crippen molar-refractivity contribution in [3.63, 3.8) is 0 Å². The second-order valence-electron chi connectivity index (χ2n) is 6.80. The fourth-order valence-corrected chi connectivity index (χ4v) is 3.64. The van der Waals surface area contributed by atoms with E-state index < -0.39 is 0 Å². The maximum Gasteiger partial charge on any atom is 0.241 e. The molecule has 2 aromatic rings. The van der Waals surface area contributed by atoms with Gasteiger partial charge in [0.1, 0.15) is 11.2 Å². The van der Waals surface area contributed by atoms with E-state index in [1.165, 1.54) is 6.07 Å². The number of rotatable bonds is 2. The van der Waals surface area contributed by atoms with Gasteiger partial charge in [0.05, 0.1) is 6.04 Å². The molecular formula is C21H17N3O3. The largest absolute Gasteiger partial charge is 0.453 e. The van der Waals surface area contributed by atoms with Crippen LogP contribution in [0.5, 0.6) is 0 Å². The predicted molar refractivity (Wildman–Crippen MR) is 104 cm³/mol. The summed E-state index contributed by atoms with van der Waals surface area (Å²) >= 11 is 0. The molecule has 0 bridgehead atoms. The number of hydrogen-bond acceptors (Lipinski definition) is 5. The summed E-state index contributed by atoms with van der Waals surface area (Å²) in [5.74, 6) is 0.389. The molecule has 2 aromatic carbocycles. The first-order chi connectivity index (χ1) is 13.2. The van der Waals surface area contributed by atoms with Gasteiger partial charge in [-0.2, -0.15) is 0 Å². The van der Waals surface area contributed by atoms with E-state index in [2.05, 4.69) is 15.6 Å². The third kappa shape index (κ3) is 2.74. The van der Waals surface area contributed by atoms with Crippen molar-refractivity contribution in [3.05, 3.63) is 58.8 Å². The minimum Gasteiger partial charge on any atom is -0.453 e. The smallest absolute Gasteiger partial charge is 0.241 e. The van der Waals surface area contributed by atoms with Crippen molar-refractivity contribution in [2.75, 3.05) is 11.9 Å². The van der Waals surface area contributed by atoms with Crippen LogP contribution in [0.1, 0.15) is 12.8 Å². The fraction of sp³-hybridized carbons (Fsp3) is 0.190. The van der Waals surface area contributed by atoms with Crippen molar-refractivity contribution in [2.45, 2.75) is 18.9 Å². The van der Waals surface area contributed by atoms with Gasteiger partial charge >= 0.3 is 0 Å². The molecule has 0 saturated carbocycles. The number of amides is 1. The zero-order valence-electron chi connectivity index (χ0n) is 14.5. The van der Waals surface area contributed by atoms with Gasteiger partial charge in [-0.25, -0.2) is 4.98 Å². The Morgan fingerprint density at radius 1 is 1.15 bits per heavy atom. The van der Waals surface area contributed by atoms with E-state index in [-0.39, 0.29) is 17.4 Å². The quantitative estimate of drug-likeness (QED) is 0.424. The van der Waals surface area contributed by atoms with Gasteiger partial charge in [-0.05, 0) is 31.5 Å². The summed E-state index contributed by atoms with van der Waals surface area (Å²) in [6.07, 6.45) is 1.85. The Kier molecular flexibility index (Phi) is 3.65. The van der Waals surface area contributed by atoms with Crippen molar-refractivity contribution < 1.29 is 9.21 Å². The summed E-state index contributed by atoms with van der Waals surface area (Å²) in [5, 5.41) is 7.49. The van der Waals surface area contributed by atoms with Gasteiger partial charge in [0.15, 0.2) is 16.8 Å². The van der Waals surface area contributed by atoms with Crippen LogP contribution in [0.3, 0.4) is 0 Å². The number of carbonyl (C=O) groups excluding carboxylic acids is 1. The van der Waals surface area contributed by atoms with Crippen LogP contribution in [0, 0.1) is 0 Å². The maximum absolute atomic E-state index is 12.3. The van der Waals surface area contributed by atoms with Gasteiger partial charge < -0.3 is 15.1 Å². The number of aromatic nitrogens is 1.